The van der Waals surface area contributed by atoms with Crippen LogP contribution in [-0.4, -0.2) is 38.7 Å². The van der Waals surface area contributed by atoms with Gasteiger partial charge in [0.15, 0.2) is 11.5 Å². The topological polar surface area (TPSA) is 64.2 Å². The normalized spacial score (nSPS) is 17.8. The molecule has 1 amide bonds. The number of aromatic nitrogens is 3. The highest BCUT2D eigenvalue weighted by atomic mass is 16.3. The summed E-state index contributed by atoms with van der Waals surface area (Å²) >= 11 is 0. The van der Waals surface area contributed by atoms with Crippen molar-refractivity contribution in [1.82, 2.24) is 19.7 Å². The van der Waals surface area contributed by atoms with Crippen molar-refractivity contribution >= 4 is 17.0 Å². The summed E-state index contributed by atoms with van der Waals surface area (Å²) < 4.78 is 7.66. The fourth-order valence-corrected chi connectivity index (χ4v) is 3.83. The van der Waals surface area contributed by atoms with Crippen LogP contribution in [-0.2, 0) is 13.5 Å². The van der Waals surface area contributed by atoms with Gasteiger partial charge in [-0.25, -0.2) is 4.98 Å². The molecular formula is C21H26N4O2. The number of rotatable bonds is 4. The standard InChI is InChI=1S/C21H26N4O2/c1-14(2)11-16-12-18(24(3)23-16)21(26)25-10-6-7-15(13-25)20-22-17-8-4-5-9-19(17)27-20/h4-5,8-9,12,14-15H,6-7,10-11,13H2,1-3H3. The minimum Gasteiger partial charge on any atom is -0.440 e. The SMILES string of the molecule is CC(C)Cc1cc(C(=O)N2CCCC(c3nc4ccccc4o3)C2)n(C)n1. The van der Waals surface area contributed by atoms with E-state index >= 15 is 0 Å². The number of hydrogen-bond donors (Lipinski definition) is 0. The summed E-state index contributed by atoms with van der Waals surface area (Å²) in [5, 5.41) is 4.51. The number of piperidine rings is 1. The fraction of sp³-hybridized carbons (Fsp3) is 0.476. The molecule has 0 N–H and O–H groups in total. The Morgan fingerprint density at radius 3 is 2.93 bits per heavy atom. The summed E-state index contributed by atoms with van der Waals surface area (Å²) in [6.45, 7) is 5.72. The minimum absolute atomic E-state index is 0.0424. The number of fused-ring (bicyclic) bond motifs is 1. The van der Waals surface area contributed by atoms with E-state index in [1.54, 1.807) is 4.68 Å². The van der Waals surface area contributed by atoms with E-state index in [1.807, 2.05) is 42.3 Å². The van der Waals surface area contributed by atoms with Crippen LogP contribution < -0.4 is 0 Å². The van der Waals surface area contributed by atoms with Crippen molar-refractivity contribution in [3.8, 4) is 0 Å². The molecule has 2 aromatic heterocycles. The van der Waals surface area contributed by atoms with Crippen LogP contribution in [0, 0.1) is 5.92 Å². The summed E-state index contributed by atoms with van der Waals surface area (Å²) in [5.74, 6) is 1.43. The minimum atomic E-state index is 0.0424. The van der Waals surface area contributed by atoms with Gasteiger partial charge in [-0.3, -0.25) is 9.48 Å². The lowest BCUT2D eigenvalue weighted by Crippen LogP contribution is -2.40. The molecule has 27 heavy (non-hydrogen) atoms. The molecule has 0 aliphatic carbocycles. The molecule has 3 heterocycles. The highest BCUT2D eigenvalue weighted by Crippen LogP contribution is 2.29. The molecule has 1 aliphatic rings. The lowest BCUT2D eigenvalue weighted by atomic mass is 9.97. The van der Waals surface area contributed by atoms with Crippen molar-refractivity contribution in [2.75, 3.05) is 13.1 Å². The molecule has 0 bridgehead atoms. The number of para-hydroxylation sites is 2. The summed E-state index contributed by atoms with van der Waals surface area (Å²) in [4.78, 5) is 19.6. The summed E-state index contributed by atoms with van der Waals surface area (Å²) in [6.07, 6.45) is 2.82. The van der Waals surface area contributed by atoms with Crippen molar-refractivity contribution in [2.24, 2.45) is 13.0 Å². The number of carbonyl (C=O) groups is 1. The largest absolute Gasteiger partial charge is 0.440 e. The van der Waals surface area contributed by atoms with Crippen molar-refractivity contribution < 1.29 is 9.21 Å². The van der Waals surface area contributed by atoms with Crippen LogP contribution in [0.2, 0.25) is 0 Å². The number of likely N-dealkylation sites (tertiary alicyclic amines) is 1. The monoisotopic (exact) mass is 366 g/mol. The number of hydrogen-bond acceptors (Lipinski definition) is 4. The smallest absolute Gasteiger partial charge is 0.272 e. The van der Waals surface area contributed by atoms with Gasteiger partial charge in [0.25, 0.3) is 5.91 Å². The Balaban J connectivity index is 1.52. The number of benzene rings is 1. The Morgan fingerprint density at radius 2 is 2.15 bits per heavy atom. The van der Waals surface area contributed by atoms with Gasteiger partial charge in [-0.05, 0) is 43.4 Å². The third kappa shape index (κ3) is 3.61. The van der Waals surface area contributed by atoms with E-state index in [1.165, 1.54) is 0 Å². The predicted octanol–water partition coefficient (Wildman–Crippen LogP) is 3.78. The third-order valence-corrected chi connectivity index (χ3v) is 5.14. The Morgan fingerprint density at radius 1 is 1.33 bits per heavy atom. The van der Waals surface area contributed by atoms with Crippen LogP contribution in [0.5, 0.6) is 0 Å². The van der Waals surface area contributed by atoms with Crippen LogP contribution in [0.15, 0.2) is 34.7 Å². The molecule has 4 rings (SSSR count). The quantitative estimate of drug-likeness (QED) is 0.705. The van der Waals surface area contributed by atoms with E-state index in [9.17, 15) is 4.79 Å². The van der Waals surface area contributed by atoms with E-state index in [-0.39, 0.29) is 11.8 Å². The number of amides is 1. The van der Waals surface area contributed by atoms with E-state index < -0.39 is 0 Å². The van der Waals surface area contributed by atoms with Gasteiger partial charge < -0.3 is 9.32 Å². The van der Waals surface area contributed by atoms with E-state index in [0.29, 0.717) is 18.2 Å². The molecule has 1 unspecified atom stereocenters. The van der Waals surface area contributed by atoms with Gasteiger partial charge in [0.05, 0.1) is 11.6 Å². The average molecular weight is 366 g/mol. The predicted molar refractivity (Wildman–Crippen MR) is 104 cm³/mol. The first-order chi connectivity index (χ1) is 13.0. The summed E-state index contributed by atoms with van der Waals surface area (Å²) in [5.41, 5.74) is 3.31. The van der Waals surface area contributed by atoms with Gasteiger partial charge in [0.2, 0.25) is 0 Å². The van der Waals surface area contributed by atoms with Crippen LogP contribution in [0.4, 0.5) is 0 Å². The molecule has 1 aromatic carbocycles. The summed E-state index contributed by atoms with van der Waals surface area (Å²) in [6, 6.07) is 9.74. The Labute approximate surface area is 159 Å². The van der Waals surface area contributed by atoms with Crippen LogP contribution in [0.3, 0.4) is 0 Å². The molecule has 1 fully saturated rings. The van der Waals surface area contributed by atoms with E-state index in [2.05, 4.69) is 23.9 Å². The zero-order chi connectivity index (χ0) is 19.0. The molecule has 1 atom stereocenters. The lowest BCUT2D eigenvalue weighted by Gasteiger charge is -2.31. The molecule has 0 radical (unpaired) electrons. The first-order valence-corrected chi connectivity index (χ1v) is 9.69. The maximum absolute atomic E-state index is 13.1. The molecule has 1 aliphatic heterocycles. The van der Waals surface area contributed by atoms with Gasteiger partial charge in [-0.1, -0.05) is 26.0 Å². The highest BCUT2D eigenvalue weighted by molar-refractivity contribution is 5.92. The molecule has 0 spiro atoms. The van der Waals surface area contributed by atoms with Gasteiger partial charge in [-0.15, -0.1) is 0 Å². The van der Waals surface area contributed by atoms with E-state index in [0.717, 1.165) is 48.5 Å². The molecule has 142 valence electrons. The second kappa shape index (κ2) is 7.18. The molecule has 1 saturated heterocycles. The molecular weight excluding hydrogens is 340 g/mol. The maximum atomic E-state index is 13.1. The highest BCUT2D eigenvalue weighted by Gasteiger charge is 2.30. The van der Waals surface area contributed by atoms with Gasteiger partial charge in [0, 0.05) is 20.1 Å². The number of carbonyl (C=O) groups excluding carboxylic acids is 1. The Kier molecular flexibility index (Phi) is 4.72. The molecule has 3 aromatic rings. The molecule has 0 saturated carbocycles. The van der Waals surface area contributed by atoms with Crippen LogP contribution in [0.25, 0.3) is 11.1 Å². The first kappa shape index (κ1) is 17.8. The van der Waals surface area contributed by atoms with Crippen LogP contribution >= 0.6 is 0 Å². The molecule has 6 heteroatoms. The zero-order valence-electron chi connectivity index (χ0n) is 16.2. The number of aryl methyl sites for hydroxylation is 1. The molecule has 6 nitrogen and oxygen atoms in total. The number of nitrogens with zero attached hydrogens (tertiary/aromatic N) is 4. The van der Waals surface area contributed by atoms with Crippen molar-refractivity contribution in [3.63, 3.8) is 0 Å². The van der Waals surface area contributed by atoms with Gasteiger partial charge >= 0.3 is 0 Å². The second-order valence-electron chi connectivity index (χ2n) is 7.85. The first-order valence-electron chi connectivity index (χ1n) is 9.69. The Bertz CT molecular complexity index is 923. The fourth-order valence-electron chi connectivity index (χ4n) is 3.83. The van der Waals surface area contributed by atoms with E-state index in [4.69, 9.17) is 4.42 Å². The lowest BCUT2D eigenvalue weighted by molar-refractivity contribution is 0.0687. The average Bonchev–Trinajstić information content (AvgIpc) is 3.24. The maximum Gasteiger partial charge on any atom is 0.272 e. The van der Waals surface area contributed by atoms with Crippen LogP contribution in [0.1, 0.15) is 54.7 Å². The number of oxazole rings is 1. The Hall–Kier alpha value is -2.63. The van der Waals surface area contributed by atoms with Gasteiger partial charge in [-0.2, -0.15) is 5.10 Å². The van der Waals surface area contributed by atoms with Crippen molar-refractivity contribution in [1.29, 1.82) is 0 Å². The van der Waals surface area contributed by atoms with Crippen molar-refractivity contribution in [3.05, 3.63) is 47.6 Å². The van der Waals surface area contributed by atoms with Crippen molar-refractivity contribution in [2.45, 2.75) is 39.0 Å². The summed E-state index contributed by atoms with van der Waals surface area (Å²) in [7, 11) is 1.85. The zero-order valence-corrected chi connectivity index (χ0v) is 16.2. The third-order valence-electron chi connectivity index (χ3n) is 5.14. The second-order valence-corrected chi connectivity index (χ2v) is 7.85. The van der Waals surface area contributed by atoms with Gasteiger partial charge in [0.1, 0.15) is 11.2 Å².